The summed E-state index contributed by atoms with van der Waals surface area (Å²) >= 11 is 3.42. The lowest BCUT2D eigenvalue weighted by Gasteiger charge is -2.36. The Hall–Kier alpha value is -1.96. The zero-order valence-corrected chi connectivity index (χ0v) is 21.8. The molecule has 6 nitrogen and oxygen atoms in total. The number of nitrogens with zero attached hydrogens (tertiary/aromatic N) is 1. The number of aromatic hydroxyl groups is 1. The molecule has 0 radical (unpaired) electrons. The Bertz CT molecular complexity index is 985. The van der Waals surface area contributed by atoms with Gasteiger partial charge in [-0.2, -0.15) is 0 Å². The van der Waals surface area contributed by atoms with Crippen molar-refractivity contribution in [1.82, 2.24) is 4.90 Å². The minimum absolute atomic E-state index is 0.134. The maximum atomic E-state index is 13.1. The van der Waals surface area contributed by atoms with Crippen molar-refractivity contribution in [2.45, 2.75) is 65.4 Å². The van der Waals surface area contributed by atoms with Crippen LogP contribution in [0.15, 0.2) is 39.4 Å². The van der Waals surface area contributed by atoms with Gasteiger partial charge in [-0.3, -0.25) is 14.5 Å². The fourth-order valence-corrected chi connectivity index (χ4v) is 5.88. The van der Waals surface area contributed by atoms with Crippen molar-refractivity contribution >= 4 is 33.8 Å². The Balaban J connectivity index is 1.84. The van der Waals surface area contributed by atoms with Crippen LogP contribution in [0.25, 0.3) is 6.08 Å². The number of imide groups is 1. The van der Waals surface area contributed by atoms with Gasteiger partial charge in [-0.15, -0.1) is 0 Å². The van der Waals surface area contributed by atoms with Crippen LogP contribution >= 0.6 is 15.9 Å². The van der Waals surface area contributed by atoms with Crippen molar-refractivity contribution in [1.29, 1.82) is 0 Å². The highest BCUT2D eigenvalue weighted by atomic mass is 79.9. The van der Waals surface area contributed by atoms with Crippen LogP contribution < -0.4 is 0 Å². The molecular formula is C27H36BrNO5. The number of rotatable bonds is 10. The number of halogens is 1. The van der Waals surface area contributed by atoms with Gasteiger partial charge >= 0.3 is 0 Å². The number of allylic oxidation sites excluding steroid dienone is 2. The van der Waals surface area contributed by atoms with E-state index in [0.29, 0.717) is 37.8 Å². The van der Waals surface area contributed by atoms with Crippen LogP contribution in [0, 0.1) is 17.8 Å². The molecule has 7 heteroatoms. The fraction of sp³-hybridized carbons (Fsp3) is 0.556. The van der Waals surface area contributed by atoms with Gasteiger partial charge in [0, 0.05) is 22.5 Å². The Morgan fingerprint density at radius 2 is 1.97 bits per heavy atom. The molecule has 2 aliphatic rings. The molecule has 1 aliphatic carbocycles. The minimum Gasteiger partial charge on any atom is -0.507 e. The Labute approximate surface area is 210 Å². The lowest BCUT2D eigenvalue weighted by atomic mass is 9.67. The van der Waals surface area contributed by atoms with Gasteiger partial charge in [0.2, 0.25) is 11.8 Å². The SMILES string of the molecule is CCCC1=C([C@H](O)CC/C(C)=C/c2cc(Br)ccc2O)[C@H](CO)[C@@H]2C(=O)N(CCC)C(=O)[C@@H]2C1. The molecule has 0 spiro atoms. The van der Waals surface area contributed by atoms with E-state index in [0.717, 1.165) is 34.0 Å². The smallest absolute Gasteiger partial charge is 0.233 e. The molecule has 1 aromatic rings. The van der Waals surface area contributed by atoms with Crippen molar-refractivity contribution in [2.24, 2.45) is 17.8 Å². The number of fused-ring (bicyclic) bond motifs is 1. The van der Waals surface area contributed by atoms with Crippen LogP contribution in [-0.4, -0.2) is 51.3 Å². The number of phenolic OH excluding ortho intramolecular Hbond substituents is 1. The molecule has 1 aromatic carbocycles. The first-order chi connectivity index (χ1) is 16.2. The normalized spacial score (nSPS) is 24.1. The molecule has 0 unspecified atom stereocenters. The molecular weight excluding hydrogens is 498 g/mol. The van der Waals surface area contributed by atoms with Gasteiger partial charge in [-0.05, 0) is 62.8 Å². The van der Waals surface area contributed by atoms with Crippen molar-refractivity contribution < 1.29 is 24.9 Å². The zero-order valence-electron chi connectivity index (χ0n) is 20.3. The summed E-state index contributed by atoms with van der Waals surface area (Å²) < 4.78 is 0.870. The minimum atomic E-state index is -0.803. The molecule has 0 bridgehead atoms. The van der Waals surface area contributed by atoms with E-state index in [1.54, 1.807) is 12.1 Å². The van der Waals surface area contributed by atoms with Crippen LogP contribution in [0.5, 0.6) is 5.75 Å². The number of hydrogen-bond donors (Lipinski definition) is 3. The highest BCUT2D eigenvalue weighted by Gasteiger charge is 2.54. The number of phenols is 1. The second-order valence-electron chi connectivity index (χ2n) is 9.51. The fourth-order valence-electron chi connectivity index (χ4n) is 5.51. The van der Waals surface area contributed by atoms with Crippen molar-refractivity contribution in [3.05, 3.63) is 45.0 Å². The number of carbonyl (C=O) groups excluding carboxylic acids is 2. The first-order valence-corrected chi connectivity index (χ1v) is 13.0. The van der Waals surface area contributed by atoms with Crippen LogP contribution in [0.1, 0.15) is 64.9 Å². The molecule has 2 amide bonds. The molecule has 3 N–H and O–H groups in total. The predicted molar refractivity (Wildman–Crippen MR) is 136 cm³/mol. The average molecular weight is 534 g/mol. The molecule has 3 rings (SSSR count). The van der Waals surface area contributed by atoms with E-state index < -0.39 is 23.9 Å². The van der Waals surface area contributed by atoms with E-state index >= 15 is 0 Å². The predicted octanol–water partition coefficient (Wildman–Crippen LogP) is 4.82. The lowest BCUT2D eigenvalue weighted by molar-refractivity contribution is -0.140. The first kappa shape index (κ1) is 26.6. The number of aliphatic hydroxyl groups excluding tert-OH is 2. The van der Waals surface area contributed by atoms with Gasteiger partial charge in [0.15, 0.2) is 0 Å². The van der Waals surface area contributed by atoms with Gasteiger partial charge in [-0.25, -0.2) is 0 Å². The second-order valence-corrected chi connectivity index (χ2v) is 10.4. The zero-order chi connectivity index (χ0) is 25.0. The van der Waals surface area contributed by atoms with E-state index in [1.807, 2.05) is 26.0 Å². The van der Waals surface area contributed by atoms with Crippen LogP contribution in [0.2, 0.25) is 0 Å². The Morgan fingerprint density at radius 3 is 2.62 bits per heavy atom. The molecule has 186 valence electrons. The van der Waals surface area contributed by atoms with E-state index in [1.165, 1.54) is 4.90 Å². The van der Waals surface area contributed by atoms with Gasteiger partial charge in [0.1, 0.15) is 5.75 Å². The van der Waals surface area contributed by atoms with Crippen LogP contribution in [-0.2, 0) is 9.59 Å². The number of amides is 2. The number of likely N-dealkylation sites (tertiary alicyclic amines) is 1. The monoisotopic (exact) mass is 533 g/mol. The van der Waals surface area contributed by atoms with Crippen LogP contribution in [0.3, 0.4) is 0 Å². The highest BCUT2D eigenvalue weighted by molar-refractivity contribution is 9.10. The highest BCUT2D eigenvalue weighted by Crippen LogP contribution is 2.47. The summed E-state index contributed by atoms with van der Waals surface area (Å²) in [6, 6.07) is 5.24. The maximum Gasteiger partial charge on any atom is 0.233 e. The van der Waals surface area contributed by atoms with E-state index in [2.05, 4.69) is 22.9 Å². The van der Waals surface area contributed by atoms with Crippen molar-refractivity contribution in [2.75, 3.05) is 13.2 Å². The van der Waals surface area contributed by atoms with Crippen LogP contribution in [0.4, 0.5) is 0 Å². The first-order valence-electron chi connectivity index (χ1n) is 12.2. The summed E-state index contributed by atoms with van der Waals surface area (Å²) in [5.41, 5.74) is 3.47. The summed E-state index contributed by atoms with van der Waals surface area (Å²) in [5, 5.41) is 31.7. The third kappa shape index (κ3) is 5.47. The quantitative estimate of drug-likeness (QED) is 0.296. The second kappa shape index (κ2) is 11.6. The van der Waals surface area contributed by atoms with Gasteiger partial charge in [-0.1, -0.05) is 53.4 Å². The summed E-state index contributed by atoms with van der Waals surface area (Å²) in [4.78, 5) is 27.5. The van der Waals surface area contributed by atoms with Gasteiger partial charge in [0.25, 0.3) is 0 Å². The summed E-state index contributed by atoms with van der Waals surface area (Å²) in [7, 11) is 0. The van der Waals surface area contributed by atoms with Gasteiger partial charge < -0.3 is 15.3 Å². The van der Waals surface area contributed by atoms with Crippen molar-refractivity contribution in [3.8, 4) is 5.75 Å². The topological polar surface area (TPSA) is 98.1 Å². The molecule has 34 heavy (non-hydrogen) atoms. The molecule has 1 fully saturated rings. The average Bonchev–Trinajstić information content (AvgIpc) is 3.04. The molecule has 1 saturated heterocycles. The summed E-state index contributed by atoms with van der Waals surface area (Å²) in [5.74, 6) is -1.72. The number of hydrogen-bond acceptors (Lipinski definition) is 5. The number of benzene rings is 1. The third-order valence-electron chi connectivity index (χ3n) is 7.03. The number of aliphatic hydroxyl groups is 2. The lowest BCUT2D eigenvalue weighted by Crippen LogP contribution is -2.39. The molecule has 1 aliphatic heterocycles. The summed E-state index contributed by atoms with van der Waals surface area (Å²) in [6.45, 7) is 6.08. The Kier molecular flexibility index (Phi) is 9.13. The molecule has 4 atom stereocenters. The summed E-state index contributed by atoms with van der Waals surface area (Å²) in [6.07, 6.45) is 4.91. The maximum absolute atomic E-state index is 13.1. The molecule has 0 aromatic heterocycles. The van der Waals surface area contributed by atoms with Gasteiger partial charge in [0.05, 0.1) is 24.5 Å². The third-order valence-corrected chi connectivity index (χ3v) is 7.53. The molecule has 1 heterocycles. The standard InChI is InChI=1S/C27H36BrNO5/c1-4-6-17-14-20-25(27(34)29(11-5-2)26(20)33)21(15-30)24(17)23(32)9-7-16(3)12-18-13-19(28)8-10-22(18)31/h8,10,12-13,20-21,23,25,30-32H,4-7,9,11,14-15H2,1-3H3/b16-12+/t20-,21+,23-,25-/m1/s1. The number of carbonyl (C=O) groups is 2. The largest absolute Gasteiger partial charge is 0.507 e. The van der Waals surface area contributed by atoms with E-state index in [4.69, 9.17) is 0 Å². The molecule has 0 saturated carbocycles. The van der Waals surface area contributed by atoms with E-state index in [9.17, 15) is 24.9 Å². The van der Waals surface area contributed by atoms with Crippen molar-refractivity contribution in [3.63, 3.8) is 0 Å². The van der Waals surface area contributed by atoms with E-state index in [-0.39, 0.29) is 24.2 Å². The Morgan fingerprint density at radius 1 is 1.24 bits per heavy atom.